The summed E-state index contributed by atoms with van der Waals surface area (Å²) in [6.07, 6.45) is 2.85. The highest BCUT2D eigenvalue weighted by Gasteiger charge is 2.25. The number of ether oxygens (including phenoxy) is 1. The van der Waals surface area contributed by atoms with Crippen molar-refractivity contribution >= 4 is 27.3 Å². The van der Waals surface area contributed by atoms with Gasteiger partial charge < -0.3 is 10.1 Å². The third-order valence-electron chi connectivity index (χ3n) is 4.16. The highest BCUT2D eigenvalue weighted by atomic mass is 32.2. The minimum Gasteiger partial charge on any atom is -0.376 e. The number of hydrazine groups is 1. The van der Waals surface area contributed by atoms with Crippen molar-refractivity contribution in [3.8, 4) is 0 Å². The highest BCUT2D eigenvalue weighted by molar-refractivity contribution is 7.89. The Morgan fingerprint density at radius 3 is 2.61 bits per heavy atom. The summed E-state index contributed by atoms with van der Waals surface area (Å²) < 4.78 is 30.2. The summed E-state index contributed by atoms with van der Waals surface area (Å²) in [6, 6.07) is 6.16. The molecular formula is C16H20N6O5S. The van der Waals surface area contributed by atoms with Gasteiger partial charge in [-0.2, -0.15) is 0 Å². The number of nitrogens with zero attached hydrogens (tertiary/aromatic N) is 3. The van der Waals surface area contributed by atoms with E-state index in [4.69, 9.17) is 4.74 Å². The van der Waals surface area contributed by atoms with Gasteiger partial charge in [-0.3, -0.25) is 15.5 Å². The Hall–Kier alpha value is -2.83. The van der Waals surface area contributed by atoms with E-state index < -0.39 is 20.6 Å². The summed E-state index contributed by atoms with van der Waals surface area (Å²) in [5.74, 6) is -0.293. The predicted molar refractivity (Wildman–Crippen MR) is 101 cm³/mol. The maximum atomic E-state index is 12.4. The third-order valence-corrected chi connectivity index (χ3v) is 5.42. The quantitative estimate of drug-likeness (QED) is 0.437. The van der Waals surface area contributed by atoms with E-state index >= 15 is 0 Å². The van der Waals surface area contributed by atoms with Crippen LogP contribution in [0.15, 0.2) is 35.5 Å². The molecule has 150 valence electrons. The molecule has 2 aromatic rings. The van der Waals surface area contributed by atoms with Gasteiger partial charge in [-0.05, 0) is 31.9 Å². The van der Waals surface area contributed by atoms with Crippen molar-refractivity contribution in [3.05, 3.63) is 46.3 Å². The van der Waals surface area contributed by atoms with Gasteiger partial charge >= 0.3 is 5.69 Å². The summed E-state index contributed by atoms with van der Waals surface area (Å²) in [6.45, 7) is 2.84. The number of aromatic nitrogens is 2. The Bertz CT molecular complexity index is 944. The van der Waals surface area contributed by atoms with Crippen LogP contribution in [0.4, 0.5) is 17.3 Å². The average Bonchev–Trinajstić information content (AvgIpc) is 3.18. The standard InChI is InChI=1S/C16H20N6O5S/c1-11-4-6-13(7-5-11)28(25,26)21-20-16-14(22(23)24)15(18-10-19-16)17-9-12-3-2-8-27-12/h4-7,10,12,21H,2-3,8-9H2,1H3,(H2,17,18,19,20). The van der Waals surface area contributed by atoms with Crippen molar-refractivity contribution in [3.63, 3.8) is 0 Å². The number of aryl methyl sites for hydroxylation is 1. The first-order valence-electron chi connectivity index (χ1n) is 8.56. The molecule has 1 saturated heterocycles. The van der Waals surface area contributed by atoms with E-state index in [9.17, 15) is 18.5 Å². The minimum atomic E-state index is -3.94. The van der Waals surface area contributed by atoms with E-state index in [0.29, 0.717) is 13.2 Å². The SMILES string of the molecule is Cc1ccc(S(=O)(=O)NNc2ncnc(NCC3CCCO3)c2[N+](=O)[O-])cc1. The largest absolute Gasteiger partial charge is 0.376 e. The van der Waals surface area contributed by atoms with Crippen LogP contribution in [-0.2, 0) is 14.8 Å². The van der Waals surface area contributed by atoms with Crippen LogP contribution in [0.1, 0.15) is 18.4 Å². The van der Waals surface area contributed by atoms with E-state index in [1.165, 1.54) is 12.1 Å². The Kier molecular flexibility index (Phi) is 6.02. The Morgan fingerprint density at radius 1 is 1.25 bits per heavy atom. The summed E-state index contributed by atoms with van der Waals surface area (Å²) in [5, 5.41) is 14.4. The van der Waals surface area contributed by atoms with Gasteiger partial charge in [0, 0.05) is 13.2 Å². The van der Waals surface area contributed by atoms with Gasteiger partial charge in [-0.15, -0.1) is 4.83 Å². The Balaban J connectivity index is 1.76. The number of nitro groups is 1. The number of hydrogen-bond acceptors (Lipinski definition) is 9. The van der Waals surface area contributed by atoms with E-state index in [2.05, 4.69) is 25.5 Å². The van der Waals surface area contributed by atoms with Crippen LogP contribution in [0, 0.1) is 17.0 Å². The Labute approximate surface area is 161 Å². The number of sulfonamides is 1. The molecule has 1 atom stereocenters. The molecule has 3 N–H and O–H groups in total. The fourth-order valence-electron chi connectivity index (χ4n) is 2.68. The Morgan fingerprint density at radius 2 is 1.96 bits per heavy atom. The van der Waals surface area contributed by atoms with E-state index in [1.807, 2.05) is 6.92 Å². The maximum absolute atomic E-state index is 12.4. The van der Waals surface area contributed by atoms with Crippen LogP contribution in [0.5, 0.6) is 0 Å². The summed E-state index contributed by atoms with van der Waals surface area (Å²) in [4.78, 5) is 20.6. The summed E-state index contributed by atoms with van der Waals surface area (Å²) in [7, 11) is -3.94. The van der Waals surface area contributed by atoms with Crippen molar-refractivity contribution in [1.82, 2.24) is 14.8 Å². The van der Waals surface area contributed by atoms with Gasteiger partial charge in [0.2, 0.25) is 11.6 Å². The summed E-state index contributed by atoms with van der Waals surface area (Å²) in [5.41, 5.74) is 2.75. The van der Waals surface area contributed by atoms with Crippen LogP contribution in [-0.4, -0.2) is 42.6 Å². The molecule has 1 fully saturated rings. The molecule has 0 saturated carbocycles. The van der Waals surface area contributed by atoms with Crippen LogP contribution < -0.4 is 15.6 Å². The molecule has 3 rings (SSSR count). The fraction of sp³-hybridized carbons (Fsp3) is 0.375. The lowest BCUT2D eigenvalue weighted by molar-refractivity contribution is -0.383. The van der Waals surface area contributed by atoms with Crippen molar-refractivity contribution in [2.45, 2.75) is 30.8 Å². The molecular weight excluding hydrogens is 388 g/mol. The molecule has 0 radical (unpaired) electrons. The predicted octanol–water partition coefficient (Wildman–Crippen LogP) is 1.59. The molecule has 12 heteroatoms. The molecule has 0 aliphatic carbocycles. The van der Waals surface area contributed by atoms with Crippen molar-refractivity contribution in [2.24, 2.45) is 0 Å². The van der Waals surface area contributed by atoms with Crippen LogP contribution in [0.3, 0.4) is 0 Å². The number of rotatable bonds is 8. The third kappa shape index (κ3) is 4.71. The smallest absolute Gasteiger partial charge is 0.354 e. The first kappa shape index (κ1) is 19.9. The summed E-state index contributed by atoms with van der Waals surface area (Å²) >= 11 is 0. The van der Waals surface area contributed by atoms with Crippen molar-refractivity contribution in [1.29, 1.82) is 0 Å². The van der Waals surface area contributed by atoms with Gasteiger partial charge in [-0.1, -0.05) is 17.7 Å². The second kappa shape index (κ2) is 8.46. The topological polar surface area (TPSA) is 148 Å². The molecule has 1 aromatic carbocycles. The van der Waals surface area contributed by atoms with Gasteiger partial charge in [0.25, 0.3) is 10.0 Å². The van der Waals surface area contributed by atoms with Gasteiger partial charge in [0.1, 0.15) is 6.33 Å². The van der Waals surface area contributed by atoms with E-state index in [0.717, 1.165) is 24.7 Å². The zero-order chi connectivity index (χ0) is 20.1. The van der Waals surface area contributed by atoms with Crippen LogP contribution in [0.25, 0.3) is 0 Å². The maximum Gasteiger partial charge on any atom is 0.354 e. The second-order valence-electron chi connectivity index (χ2n) is 6.24. The molecule has 2 heterocycles. The minimum absolute atomic E-state index is 0.0130. The molecule has 0 amide bonds. The lowest BCUT2D eigenvalue weighted by Gasteiger charge is -2.13. The zero-order valence-corrected chi connectivity index (χ0v) is 15.9. The fourth-order valence-corrected chi connectivity index (χ4v) is 3.52. The van der Waals surface area contributed by atoms with Crippen molar-refractivity contribution < 1.29 is 18.1 Å². The first-order valence-corrected chi connectivity index (χ1v) is 10.0. The van der Waals surface area contributed by atoms with E-state index in [1.54, 1.807) is 12.1 Å². The average molecular weight is 408 g/mol. The molecule has 11 nitrogen and oxygen atoms in total. The molecule has 28 heavy (non-hydrogen) atoms. The zero-order valence-electron chi connectivity index (χ0n) is 15.1. The number of nitrogens with one attached hydrogen (secondary N) is 3. The number of anilines is 2. The van der Waals surface area contributed by atoms with Gasteiger partial charge in [-0.25, -0.2) is 18.4 Å². The highest BCUT2D eigenvalue weighted by Crippen LogP contribution is 2.29. The molecule has 0 spiro atoms. The molecule has 1 aliphatic heterocycles. The molecule has 0 bridgehead atoms. The van der Waals surface area contributed by atoms with Crippen molar-refractivity contribution in [2.75, 3.05) is 23.9 Å². The van der Waals surface area contributed by atoms with Crippen LogP contribution in [0.2, 0.25) is 0 Å². The second-order valence-corrected chi connectivity index (χ2v) is 7.92. The lowest BCUT2D eigenvalue weighted by atomic mass is 10.2. The first-order chi connectivity index (χ1) is 13.4. The molecule has 1 aliphatic rings. The monoisotopic (exact) mass is 408 g/mol. The lowest BCUT2D eigenvalue weighted by Crippen LogP contribution is -2.30. The molecule has 1 unspecified atom stereocenters. The van der Waals surface area contributed by atoms with Gasteiger partial charge in [0.15, 0.2) is 0 Å². The molecule has 1 aromatic heterocycles. The van der Waals surface area contributed by atoms with Gasteiger partial charge in [0.05, 0.1) is 15.9 Å². The normalized spacial score (nSPS) is 16.7. The van der Waals surface area contributed by atoms with E-state index in [-0.39, 0.29) is 22.6 Å². The number of benzene rings is 1. The van der Waals surface area contributed by atoms with Crippen LogP contribution >= 0.6 is 0 Å². The number of hydrogen-bond donors (Lipinski definition) is 3.